The molecule has 3 rings (SSSR count). The van der Waals surface area contributed by atoms with Crippen molar-refractivity contribution in [2.75, 3.05) is 23.3 Å². The molecule has 0 aliphatic carbocycles. The fourth-order valence-electron chi connectivity index (χ4n) is 2.48. The van der Waals surface area contributed by atoms with Gasteiger partial charge < -0.3 is 10.1 Å². The average molecular weight is 381 g/mol. The number of carbonyl (C=O) groups excluding carboxylic acids is 1. The van der Waals surface area contributed by atoms with Crippen LogP contribution in [0, 0.1) is 11.6 Å². The van der Waals surface area contributed by atoms with Crippen LogP contribution in [-0.4, -0.2) is 33.6 Å². The predicted octanol–water partition coefficient (Wildman–Crippen LogP) is 2.87. The Kier molecular flexibility index (Phi) is 5.89. The number of benzene rings is 1. The third kappa shape index (κ3) is 4.61. The number of aromatic nitrogens is 1. The molecule has 1 aliphatic heterocycles. The highest BCUT2D eigenvalue weighted by Crippen LogP contribution is 2.17. The minimum absolute atomic E-state index is 0.0368. The van der Waals surface area contributed by atoms with E-state index in [1.165, 1.54) is 24.4 Å². The van der Waals surface area contributed by atoms with Crippen LogP contribution < -0.4 is 10.0 Å². The summed E-state index contributed by atoms with van der Waals surface area (Å²) in [6, 6.07) is 6.01. The van der Waals surface area contributed by atoms with Crippen LogP contribution in [0.4, 0.5) is 20.3 Å². The molecule has 1 saturated heterocycles. The highest BCUT2D eigenvalue weighted by molar-refractivity contribution is 7.87. The summed E-state index contributed by atoms with van der Waals surface area (Å²) in [5.74, 6) is -2.26. The normalized spacial score (nSPS) is 16.1. The van der Waals surface area contributed by atoms with E-state index >= 15 is 0 Å². The molecule has 2 heterocycles. The molecule has 1 fully saturated rings. The maximum absolute atomic E-state index is 13.2. The largest absolute Gasteiger partial charge is 0.381 e. The summed E-state index contributed by atoms with van der Waals surface area (Å²) in [6.45, 7) is 1.14. The van der Waals surface area contributed by atoms with Crippen LogP contribution in [0.2, 0.25) is 0 Å². The average Bonchev–Trinajstić information content (AvgIpc) is 2.65. The summed E-state index contributed by atoms with van der Waals surface area (Å²) in [4.78, 5) is 16.3. The van der Waals surface area contributed by atoms with Crippen LogP contribution in [0.15, 0.2) is 36.5 Å². The summed E-state index contributed by atoms with van der Waals surface area (Å²) < 4.78 is 46.6. The minimum Gasteiger partial charge on any atom is -0.381 e. The molecule has 1 unspecified atom stereocenters. The fourth-order valence-corrected chi connectivity index (χ4v) is 3.59. The molecule has 0 radical (unpaired) electrons. The summed E-state index contributed by atoms with van der Waals surface area (Å²) >= 11 is 0. The van der Waals surface area contributed by atoms with Crippen LogP contribution in [0.5, 0.6) is 0 Å². The number of nitrogens with one attached hydrogen (secondary N) is 2. The molecule has 2 N–H and O–H groups in total. The summed E-state index contributed by atoms with van der Waals surface area (Å²) in [6.07, 6.45) is 2.79. The van der Waals surface area contributed by atoms with Crippen LogP contribution in [-0.2, 0) is 15.7 Å². The van der Waals surface area contributed by atoms with Gasteiger partial charge in [-0.25, -0.2) is 18.0 Å². The van der Waals surface area contributed by atoms with E-state index in [4.69, 9.17) is 4.74 Å². The van der Waals surface area contributed by atoms with E-state index in [0.717, 1.165) is 12.1 Å². The Bertz CT molecular complexity index is 829. The third-order valence-electron chi connectivity index (χ3n) is 3.88. The number of carbonyl (C=O) groups is 1. The number of halogens is 2. The zero-order valence-corrected chi connectivity index (χ0v) is 14.5. The molecule has 2 aromatic rings. The minimum atomic E-state index is -1.34. The number of anilines is 2. The molecule has 0 saturated carbocycles. The Morgan fingerprint density at radius 2 is 1.92 bits per heavy atom. The predicted molar refractivity (Wildman–Crippen MR) is 94.2 cm³/mol. The number of hydrogen-bond acceptors (Lipinski definition) is 4. The SMILES string of the molecule is O=C(Nc1ccc(F)c(F)c1)c1ccnc(NS(=O)C2CCOCC2)c1. The second-order valence-corrected chi connectivity index (χ2v) is 7.19. The van der Waals surface area contributed by atoms with Gasteiger partial charge >= 0.3 is 0 Å². The van der Waals surface area contributed by atoms with Gasteiger partial charge in [0.05, 0.1) is 5.25 Å². The third-order valence-corrected chi connectivity index (χ3v) is 5.36. The molecule has 1 atom stereocenters. The zero-order valence-electron chi connectivity index (χ0n) is 13.7. The van der Waals surface area contributed by atoms with Gasteiger partial charge in [0, 0.05) is 36.7 Å². The first-order valence-corrected chi connectivity index (χ1v) is 9.21. The zero-order chi connectivity index (χ0) is 18.5. The maximum atomic E-state index is 13.2. The molecule has 9 heteroatoms. The number of hydrogen-bond donors (Lipinski definition) is 2. The lowest BCUT2D eigenvalue weighted by atomic mass is 10.2. The Morgan fingerprint density at radius 3 is 2.65 bits per heavy atom. The number of ether oxygens (including phenoxy) is 1. The van der Waals surface area contributed by atoms with Gasteiger partial charge in [-0.3, -0.25) is 9.52 Å². The molecule has 1 aromatic carbocycles. The molecule has 0 bridgehead atoms. The topological polar surface area (TPSA) is 80.3 Å². The van der Waals surface area contributed by atoms with Crippen LogP contribution in [0.1, 0.15) is 23.2 Å². The molecule has 26 heavy (non-hydrogen) atoms. The first-order chi connectivity index (χ1) is 12.5. The Balaban J connectivity index is 1.66. The Morgan fingerprint density at radius 1 is 1.15 bits per heavy atom. The monoisotopic (exact) mass is 381 g/mol. The van der Waals surface area contributed by atoms with E-state index in [1.54, 1.807) is 0 Å². The van der Waals surface area contributed by atoms with Crippen molar-refractivity contribution in [1.29, 1.82) is 0 Å². The quantitative estimate of drug-likeness (QED) is 0.835. The summed E-state index contributed by atoms with van der Waals surface area (Å²) in [5, 5.41) is 2.44. The Labute approximate surface area is 151 Å². The van der Waals surface area contributed by atoms with Crippen molar-refractivity contribution in [3.8, 4) is 0 Å². The molecule has 1 aromatic heterocycles. The second-order valence-electron chi connectivity index (χ2n) is 5.72. The van der Waals surface area contributed by atoms with Crippen molar-refractivity contribution in [2.45, 2.75) is 18.1 Å². The molecular weight excluding hydrogens is 364 g/mol. The lowest BCUT2D eigenvalue weighted by Crippen LogP contribution is -2.28. The number of pyridine rings is 1. The highest BCUT2D eigenvalue weighted by Gasteiger charge is 2.21. The van der Waals surface area contributed by atoms with Gasteiger partial charge in [0.15, 0.2) is 11.6 Å². The van der Waals surface area contributed by atoms with Gasteiger partial charge in [0.2, 0.25) is 0 Å². The van der Waals surface area contributed by atoms with Gasteiger partial charge in [0.25, 0.3) is 5.91 Å². The van der Waals surface area contributed by atoms with Crippen molar-refractivity contribution in [1.82, 2.24) is 4.98 Å². The number of amides is 1. The van der Waals surface area contributed by atoms with Crippen molar-refractivity contribution >= 4 is 28.4 Å². The second kappa shape index (κ2) is 8.33. The van der Waals surface area contributed by atoms with E-state index in [-0.39, 0.29) is 16.5 Å². The van der Waals surface area contributed by atoms with Crippen LogP contribution in [0.3, 0.4) is 0 Å². The first kappa shape index (κ1) is 18.4. The molecule has 1 amide bonds. The molecule has 0 spiro atoms. The van der Waals surface area contributed by atoms with E-state index in [0.29, 0.717) is 31.9 Å². The van der Waals surface area contributed by atoms with Crippen molar-refractivity contribution < 1.29 is 22.5 Å². The highest BCUT2D eigenvalue weighted by atomic mass is 32.2. The molecule has 6 nitrogen and oxygen atoms in total. The molecular formula is C17H17F2N3O3S. The maximum Gasteiger partial charge on any atom is 0.255 e. The standard InChI is InChI=1S/C17H17F2N3O3S/c18-14-2-1-12(10-15(14)19)21-17(23)11-3-6-20-16(9-11)22-26(24)13-4-7-25-8-5-13/h1-3,6,9-10,13H,4-5,7-8H2,(H,20,22)(H,21,23). The van der Waals surface area contributed by atoms with E-state index in [1.807, 2.05) is 0 Å². The van der Waals surface area contributed by atoms with Gasteiger partial charge in [-0.1, -0.05) is 0 Å². The Hall–Kier alpha value is -2.39. The van der Waals surface area contributed by atoms with Crippen LogP contribution in [0.25, 0.3) is 0 Å². The van der Waals surface area contributed by atoms with E-state index in [2.05, 4.69) is 15.0 Å². The number of nitrogens with zero attached hydrogens (tertiary/aromatic N) is 1. The van der Waals surface area contributed by atoms with Gasteiger partial charge in [-0.15, -0.1) is 0 Å². The van der Waals surface area contributed by atoms with Crippen LogP contribution >= 0.6 is 0 Å². The van der Waals surface area contributed by atoms with Crippen molar-refractivity contribution in [3.63, 3.8) is 0 Å². The smallest absolute Gasteiger partial charge is 0.255 e. The first-order valence-electron chi connectivity index (χ1n) is 8.00. The van der Waals surface area contributed by atoms with E-state index in [9.17, 15) is 17.8 Å². The lowest BCUT2D eigenvalue weighted by Gasteiger charge is -2.21. The molecule has 1 aliphatic rings. The summed E-state index contributed by atoms with van der Waals surface area (Å²) in [7, 11) is -1.34. The fraction of sp³-hybridized carbons (Fsp3) is 0.294. The van der Waals surface area contributed by atoms with Crippen molar-refractivity contribution in [2.24, 2.45) is 0 Å². The van der Waals surface area contributed by atoms with Gasteiger partial charge in [-0.2, -0.15) is 0 Å². The summed E-state index contributed by atoms with van der Waals surface area (Å²) in [5.41, 5.74) is 0.377. The molecule has 138 valence electrons. The number of rotatable bonds is 5. The van der Waals surface area contributed by atoms with E-state index < -0.39 is 28.5 Å². The van der Waals surface area contributed by atoms with Gasteiger partial charge in [-0.05, 0) is 37.1 Å². The van der Waals surface area contributed by atoms with Gasteiger partial charge in [0.1, 0.15) is 16.8 Å². The van der Waals surface area contributed by atoms with Crippen molar-refractivity contribution in [3.05, 3.63) is 53.7 Å². The lowest BCUT2D eigenvalue weighted by molar-refractivity contribution is 0.0993.